The Morgan fingerprint density at radius 1 is 0.969 bits per heavy atom. The number of methoxy groups -OCH3 is 1. The van der Waals surface area contributed by atoms with E-state index in [1.165, 1.54) is 16.7 Å². The van der Waals surface area contributed by atoms with Crippen molar-refractivity contribution < 1.29 is 9.47 Å². The Labute approximate surface area is 190 Å². The summed E-state index contributed by atoms with van der Waals surface area (Å²) >= 11 is 0. The molecule has 0 amide bonds. The molecular weight excluding hydrogens is 396 g/mol. The zero-order valence-corrected chi connectivity index (χ0v) is 19.3. The molecule has 0 aliphatic carbocycles. The third-order valence-corrected chi connectivity index (χ3v) is 5.61. The van der Waals surface area contributed by atoms with E-state index < -0.39 is 0 Å². The molecular formula is C28H30N2O2. The lowest BCUT2D eigenvalue weighted by Crippen LogP contribution is -2.07. The largest absolute Gasteiger partial charge is 0.493 e. The lowest BCUT2D eigenvalue weighted by atomic mass is 10.1. The van der Waals surface area contributed by atoms with E-state index in [0.717, 1.165) is 46.9 Å². The Kier molecular flexibility index (Phi) is 6.60. The van der Waals surface area contributed by atoms with Crippen LogP contribution in [0.1, 0.15) is 30.0 Å². The van der Waals surface area contributed by atoms with Gasteiger partial charge in [-0.1, -0.05) is 54.1 Å². The SMILES string of the molecule is C/C=C/c1ccc(OCCCn2c(-c3ccc(C)cc3C)nc3ccccc32)c(OC)c1. The summed E-state index contributed by atoms with van der Waals surface area (Å²) in [6.45, 7) is 7.69. The van der Waals surface area contributed by atoms with E-state index in [4.69, 9.17) is 14.5 Å². The Bertz CT molecular complexity index is 1250. The molecule has 4 rings (SSSR count). The number of para-hydroxylation sites is 2. The van der Waals surface area contributed by atoms with Gasteiger partial charge in [-0.15, -0.1) is 0 Å². The lowest BCUT2D eigenvalue weighted by Gasteiger charge is -2.14. The molecule has 0 radical (unpaired) electrons. The predicted molar refractivity (Wildman–Crippen MR) is 132 cm³/mol. The number of hydrogen-bond donors (Lipinski definition) is 0. The molecule has 0 atom stereocenters. The average molecular weight is 427 g/mol. The Morgan fingerprint density at radius 2 is 1.81 bits per heavy atom. The average Bonchev–Trinajstić information content (AvgIpc) is 3.15. The first-order chi connectivity index (χ1) is 15.6. The third kappa shape index (κ3) is 4.54. The second-order valence-corrected chi connectivity index (χ2v) is 8.01. The molecule has 0 fully saturated rings. The smallest absolute Gasteiger partial charge is 0.161 e. The number of hydrogen-bond acceptors (Lipinski definition) is 3. The number of aryl methyl sites for hydroxylation is 3. The second-order valence-electron chi connectivity index (χ2n) is 8.01. The quantitative estimate of drug-likeness (QED) is 0.290. The molecule has 32 heavy (non-hydrogen) atoms. The molecule has 4 heteroatoms. The van der Waals surface area contributed by atoms with Gasteiger partial charge in [0, 0.05) is 12.1 Å². The highest BCUT2D eigenvalue weighted by atomic mass is 16.5. The van der Waals surface area contributed by atoms with Crippen LogP contribution in [0.2, 0.25) is 0 Å². The van der Waals surface area contributed by atoms with Gasteiger partial charge >= 0.3 is 0 Å². The van der Waals surface area contributed by atoms with Gasteiger partial charge in [0.25, 0.3) is 0 Å². The van der Waals surface area contributed by atoms with Gasteiger partial charge in [0.1, 0.15) is 5.82 Å². The van der Waals surface area contributed by atoms with Crippen molar-refractivity contribution in [2.45, 2.75) is 33.7 Å². The predicted octanol–water partition coefficient (Wildman–Crippen LogP) is 6.83. The zero-order valence-electron chi connectivity index (χ0n) is 19.3. The first-order valence-corrected chi connectivity index (χ1v) is 11.1. The molecule has 3 aromatic carbocycles. The van der Waals surface area contributed by atoms with Crippen LogP contribution >= 0.6 is 0 Å². The number of nitrogens with zero attached hydrogens (tertiary/aromatic N) is 2. The lowest BCUT2D eigenvalue weighted by molar-refractivity contribution is 0.283. The number of ether oxygens (including phenoxy) is 2. The van der Waals surface area contributed by atoms with Crippen LogP contribution in [0.15, 0.2) is 66.7 Å². The molecule has 0 spiro atoms. The minimum Gasteiger partial charge on any atom is -0.493 e. The summed E-state index contributed by atoms with van der Waals surface area (Å²) < 4.78 is 13.9. The first-order valence-electron chi connectivity index (χ1n) is 11.1. The first kappa shape index (κ1) is 21.7. The van der Waals surface area contributed by atoms with Crippen LogP contribution in [0, 0.1) is 13.8 Å². The van der Waals surface area contributed by atoms with E-state index in [2.05, 4.69) is 54.8 Å². The monoisotopic (exact) mass is 426 g/mol. The van der Waals surface area contributed by atoms with Crippen molar-refractivity contribution in [3.63, 3.8) is 0 Å². The summed E-state index contributed by atoms with van der Waals surface area (Å²) in [5.41, 5.74) is 6.94. The Hall–Kier alpha value is -3.53. The third-order valence-electron chi connectivity index (χ3n) is 5.61. The van der Waals surface area contributed by atoms with E-state index in [1.807, 2.05) is 43.3 Å². The fraction of sp³-hybridized carbons (Fsp3) is 0.250. The van der Waals surface area contributed by atoms with Gasteiger partial charge in [0.05, 0.1) is 24.8 Å². The van der Waals surface area contributed by atoms with Crippen molar-refractivity contribution in [3.8, 4) is 22.9 Å². The maximum Gasteiger partial charge on any atom is 0.161 e. The highest BCUT2D eigenvalue weighted by Crippen LogP contribution is 2.30. The van der Waals surface area contributed by atoms with Gasteiger partial charge in [-0.3, -0.25) is 0 Å². The van der Waals surface area contributed by atoms with Gasteiger partial charge < -0.3 is 14.0 Å². The zero-order chi connectivity index (χ0) is 22.5. The van der Waals surface area contributed by atoms with Crippen molar-refractivity contribution in [3.05, 3.63) is 83.4 Å². The van der Waals surface area contributed by atoms with E-state index >= 15 is 0 Å². The number of fused-ring (bicyclic) bond motifs is 1. The van der Waals surface area contributed by atoms with Crippen LogP contribution in [-0.4, -0.2) is 23.3 Å². The normalized spacial score (nSPS) is 11.4. The maximum atomic E-state index is 6.07. The van der Waals surface area contributed by atoms with Gasteiger partial charge in [-0.25, -0.2) is 4.98 Å². The fourth-order valence-corrected chi connectivity index (χ4v) is 4.08. The van der Waals surface area contributed by atoms with Crippen LogP contribution < -0.4 is 9.47 Å². The van der Waals surface area contributed by atoms with E-state index in [0.29, 0.717) is 6.61 Å². The molecule has 0 saturated carbocycles. The fourth-order valence-electron chi connectivity index (χ4n) is 4.08. The van der Waals surface area contributed by atoms with Crippen LogP contribution in [0.3, 0.4) is 0 Å². The molecule has 1 aromatic heterocycles. The topological polar surface area (TPSA) is 36.3 Å². The number of rotatable bonds is 8. The molecule has 4 nitrogen and oxygen atoms in total. The molecule has 0 saturated heterocycles. The van der Waals surface area contributed by atoms with Gasteiger partial charge in [0.2, 0.25) is 0 Å². The molecule has 164 valence electrons. The summed E-state index contributed by atoms with van der Waals surface area (Å²) in [4.78, 5) is 4.96. The van der Waals surface area contributed by atoms with Crippen molar-refractivity contribution in [2.75, 3.05) is 13.7 Å². The summed E-state index contributed by atoms with van der Waals surface area (Å²) in [5.74, 6) is 2.53. The van der Waals surface area contributed by atoms with Gasteiger partial charge in [-0.05, 0) is 62.6 Å². The minimum atomic E-state index is 0.595. The van der Waals surface area contributed by atoms with Crippen molar-refractivity contribution in [1.82, 2.24) is 9.55 Å². The number of aromatic nitrogens is 2. The van der Waals surface area contributed by atoms with E-state index in [9.17, 15) is 0 Å². The van der Waals surface area contributed by atoms with Crippen molar-refractivity contribution in [2.24, 2.45) is 0 Å². The molecule has 0 bridgehead atoms. The van der Waals surface area contributed by atoms with Crippen LogP contribution in [0.5, 0.6) is 11.5 Å². The second kappa shape index (κ2) is 9.73. The summed E-state index contributed by atoms with van der Waals surface area (Å²) in [7, 11) is 1.68. The van der Waals surface area contributed by atoms with Crippen LogP contribution in [0.4, 0.5) is 0 Å². The summed E-state index contributed by atoms with van der Waals surface area (Å²) in [5, 5.41) is 0. The van der Waals surface area contributed by atoms with Crippen molar-refractivity contribution in [1.29, 1.82) is 0 Å². The van der Waals surface area contributed by atoms with Crippen LogP contribution in [0.25, 0.3) is 28.5 Å². The summed E-state index contributed by atoms with van der Waals surface area (Å²) in [6.07, 6.45) is 4.92. The Balaban J connectivity index is 1.54. The molecule has 4 aromatic rings. The summed E-state index contributed by atoms with van der Waals surface area (Å²) in [6, 6.07) is 20.9. The molecule has 0 unspecified atom stereocenters. The standard InChI is InChI=1S/C28H30N2O2/c1-5-9-22-13-15-26(27(19-22)31-4)32-17-8-16-30-25-11-7-6-10-24(25)29-28(30)23-14-12-20(2)18-21(23)3/h5-7,9-15,18-19H,8,16-17H2,1-4H3/b9-5+. The molecule has 0 N–H and O–H groups in total. The van der Waals surface area contributed by atoms with Crippen LogP contribution in [-0.2, 0) is 6.54 Å². The minimum absolute atomic E-state index is 0.595. The number of allylic oxidation sites excluding steroid dienone is 1. The number of imidazole rings is 1. The highest BCUT2D eigenvalue weighted by Gasteiger charge is 2.14. The molecule has 0 aliphatic heterocycles. The Morgan fingerprint density at radius 3 is 2.59 bits per heavy atom. The van der Waals surface area contributed by atoms with Crippen molar-refractivity contribution >= 4 is 17.1 Å². The molecule has 0 aliphatic rings. The van der Waals surface area contributed by atoms with Gasteiger partial charge in [0.15, 0.2) is 11.5 Å². The van der Waals surface area contributed by atoms with E-state index in [1.54, 1.807) is 7.11 Å². The molecule has 1 heterocycles. The number of benzene rings is 3. The maximum absolute atomic E-state index is 6.07. The van der Waals surface area contributed by atoms with Gasteiger partial charge in [-0.2, -0.15) is 0 Å². The van der Waals surface area contributed by atoms with E-state index in [-0.39, 0.29) is 0 Å². The highest BCUT2D eigenvalue weighted by molar-refractivity contribution is 5.81.